The molecule has 1 saturated carbocycles. The Bertz CT molecular complexity index is 215. The van der Waals surface area contributed by atoms with Gasteiger partial charge in [-0.15, -0.1) is 12.4 Å². The van der Waals surface area contributed by atoms with Crippen LogP contribution in [0, 0.1) is 5.41 Å². The van der Waals surface area contributed by atoms with Gasteiger partial charge in [-0.2, -0.15) is 0 Å². The van der Waals surface area contributed by atoms with Crippen molar-refractivity contribution in [1.29, 1.82) is 0 Å². The van der Waals surface area contributed by atoms with Crippen LogP contribution in [0.15, 0.2) is 0 Å². The highest BCUT2D eigenvalue weighted by Gasteiger charge is 2.41. The number of nitrogens with one attached hydrogen (secondary N) is 2. The van der Waals surface area contributed by atoms with E-state index in [0.29, 0.717) is 13.2 Å². The van der Waals surface area contributed by atoms with Gasteiger partial charge in [-0.25, -0.2) is 0 Å². The number of amides is 1. The Labute approximate surface area is 110 Å². The molecule has 0 bridgehead atoms. The number of ether oxygens (including phenoxy) is 1. The van der Waals surface area contributed by atoms with Gasteiger partial charge in [-0.05, 0) is 19.3 Å². The predicted octanol–water partition coefficient (Wildman–Crippen LogP) is 1.34. The van der Waals surface area contributed by atoms with E-state index < -0.39 is 0 Å². The van der Waals surface area contributed by atoms with Crippen LogP contribution in [0.2, 0.25) is 0 Å². The lowest BCUT2D eigenvalue weighted by Crippen LogP contribution is -2.46. The molecule has 4 nitrogen and oxygen atoms in total. The van der Waals surface area contributed by atoms with Crippen LogP contribution >= 0.6 is 12.4 Å². The van der Waals surface area contributed by atoms with E-state index in [2.05, 4.69) is 17.6 Å². The van der Waals surface area contributed by atoms with Crippen molar-refractivity contribution in [2.75, 3.05) is 33.4 Å². The average molecular weight is 265 g/mol. The standard InChI is InChI=1S/C12H24N2O2.ClH/c1-3-12(5-4-6-12)11(15)14-8-7-13-9-10-16-2;/h13H,3-10H2,1-2H3,(H,14,15);1H. The van der Waals surface area contributed by atoms with Crippen molar-refractivity contribution in [1.82, 2.24) is 10.6 Å². The van der Waals surface area contributed by atoms with Crippen molar-refractivity contribution in [3.8, 4) is 0 Å². The fraction of sp³-hybridized carbons (Fsp3) is 0.917. The molecule has 0 saturated heterocycles. The summed E-state index contributed by atoms with van der Waals surface area (Å²) in [6.07, 6.45) is 4.29. The number of halogens is 1. The van der Waals surface area contributed by atoms with Crippen LogP contribution in [0.5, 0.6) is 0 Å². The van der Waals surface area contributed by atoms with E-state index in [1.165, 1.54) is 6.42 Å². The monoisotopic (exact) mass is 264 g/mol. The zero-order chi connectivity index (χ0) is 11.9. The molecule has 0 unspecified atom stereocenters. The minimum atomic E-state index is -0.0352. The summed E-state index contributed by atoms with van der Waals surface area (Å²) in [5.74, 6) is 0.245. The third kappa shape index (κ3) is 4.82. The predicted molar refractivity (Wildman–Crippen MR) is 71.6 cm³/mol. The van der Waals surface area contributed by atoms with Crippen molar-refractivity contribution < 1.29 is 9.53 Å². The molecule has 0 spiro atoms. The fourth-order valence-electron chi connectivity index (χ4n) is 2.10. The molecule has 1 fully saturated rings. The first-order chi connectivity index (χ1) is 7.75. The lowest BCUT2D eigenvalue weighted by molar-refractivity contribution is -0.136. The zero-order valence-electron chi connectivity index (χ0n) is 10.9. The molecular weight excluding hydrogens is 240 g/mol. The summed E-state index contributed by atoms with van der Waals surface area (Å²) < 4.78 is 4.92. The maximum absolute atomic E-state index is 11.9. The van der Waals surface area contributed by atoms with Crippen molar-refractivity contribution in [3.05, 3.63) is 0 Å². The van der Waals surface area contributed by atoms with Crippen LogP contribution in [-0.2, 0) is 9.53 Å². The van der Waals surface area contributed by atoms with Crippen molar-refractivity contribution in [3.63, 3.8) is 0 Å². The summed E-state index contributed by atoms with van der Waals surface area (Å²) in [5.41, 5.74) is -0.0352. The summed E-state index contributed by atoms with van der Waals surface area (Å²) in [6, 6.07) is 0. The van der Waals surface area contributed by atoms with Crippen LogP contribution < -0.4 is 10.6 Å². The van der Waals surface area contributed by atoms with E-state index in [0.717, 1.165) is 32.4 Å². The third-order valence-corrected chi connectivity index (χ3v) is 3.54. The average Bonchev–Trinajstić information content (AvgIpc) is 2.22. The van der Waals surface area contributed by atoms with Crippen LogP contribution in [0.3, 0.4) is 0 Å². The van der Waals surface area contributed by atoms with E-state index >= 15 is 0 Å². The Morgan fingerprint density at radius 3 is 2.47 bits per heavy atom. The summed E-state index contributed by atoms with van der Waals surface area (Å²) in [6.45, 7) is 5.19. The van der Waals surface area contributed by atoms with Crippen molar-refractivity contribution in [2.24, 2.45) is 5.41 Å². The summed E-state index contributed by atoms with van der Waals surface area (Å²) in [4.78, 5) is 11.9. The van der Waals surface area contributed by atoms with Gasteiger partial charge in [-0.3, -0.25) is 4.79 Å². The van der Waals surface area contributed by atoms with E-state index in [-0.39, 0.29) is 23.7 Å². The maximum atomic E-state index is 11.9. The van der Waals surface area contributed by atoms with Gasteiger partial charge >= 0.3 is 0 Å². The first-order valence-corrected chi connectivity index (χ1v) is 6.23. The second kappa shape index (κ2) is 8.72. The van der Waals surface area contributed by atoms with Crippen LogP contribution in [0.25, 0.3) is 0 Å². The van der Waals surface area contributed by atoms with Gasteiger partial charge in [-0.1, -0.05) is 13.3 Å². The molecular formula is C12H25ClN2O2. The Balaban J connectivity index is 0.00000256. The molecule has 0 atom stereocenters. The molecule has 2 N–H and O–H groups in total. The molecule has 0 aromatic rings. The molecule has 5 heteroatoms. The van der Waals surface area contributed by atoms with E-state index in [4.69, 9.17) is 4.74 Å². The number of carbonyl (C=O) groups is 1. The second-order valence-corrected chi connectivity index (χ2v) is 4.49. The van der Waals surface area contributed by atoms with Crippen molar-refractivity contribution in [2.45, 2.75) is 32.6 Å². The Morgan fingerprint density at radius 2 is 2.00 bits per heavy atom. The lowest BCUT2D eigenvalue weighted by Gasteiger charge is -2.39. The third-order valence-electron chi connectivity index (χ3n) is 3.54. The number of carbonyl (C=O) groups excluding carboxylic acids is 1. The van der Waals surface area contributed by atoms with Gasteiger partial charge in [0.05, 0.1) is 6.61 Å². The molecule has 0 aliphatic heterocycles. The van der Waals surface area contributed by atoms with E-state index in [9.17, 15) is 4.79 Å². The molecule has 0 aromatic carbocycles. The Kier molecular flexibility index (Phi) is 8.56. The number of hydrogen-bond acceptors (Lipinski definition) is 3. The van der Waals surface area contributed by atoms with Gasteiger partial charge in [0.15, 0.2) is 0 Å². The maximum Gasteiger partial charge on any atom is 0.226 e. The number of hydrogen-bond donors (Lipinski definition) is 2. The molecule has 1 amide bonds. The molecule has 0 radical (unpaired) electrons. The van der Waals surface area contributed by atoms with Gasteiger partial charge in [0.2, 0.25) is 5.91 Å². The normalized spacial score (nSPS) is 16.8. The minimum absolute atomic E-state index is 0. The smallest absolute Gasteiger partial charge is 0.226 e. The van der Waals surface area contributed by atoms with Crippen LogP contribution in [-0.4, -0.2) is 39.3 Å². The second-order valence-electron chi connectivity index (χ2n) is 4.49. The topological polar surface area (TPSA) is 50.4 Å². The van der Waals surface area contributed by atoms with Gasteiger partial charge in [0.25, 0.3) is 0 Å². The molecule has 1 rings (SSSR count). The molecule has 1 aliphatic carbocycles. The van der Waals surface area contributed by atoms with Crippen LogP contribution in [0.1, 0.15) is 32.6 Å². The van der Waals surface area contributed by atoms with E-state index in [1.807, 2.05) is 0 Å². The quantitative estimate of drug-likeness (QED) is 0.651. The van der Waals surface area contributed by atoms with Gasteiger partial charge < -0.3 is 15.4 Å². The highest BCUT2D eigenvalue weighted by atomic mass is 35.5. The molecule has 1 aliphatic rings. The molecule has 0 aromatic heterocycles. The minimum Gasteiger partial charge on any atom is -0.383 e. The molecule has 17 heavy (non-hydrogen) atoms. The fourth-order valence-corrected chi connectivity index (χ4v) is 2.10. The van der Waals surface area contributed by atoms with Crippen LogP contribution in [0.4, 0.5) is 0 Å². The zero-order valence-corrected chi connectivity index (χ0v) is 11.7. The van der Waals surface area contributed by atoms with Gasteiger partial charge in [0, 0.05) is 32.2 Å². The highest BCUT2D eigenvalue weighted by molar-refractivity contribution is 5.85. The molecule has 102 valence electrons. The van der Waals surface area contributed by atoms with Gasteiger partial charge in [0.1, 0.15) is 0 Å². The Hall–Kier alpha value is -0.320. The lowest BCUT2D eigenvalue weighted by atomic mass is 9.66. The number of rotatable bonds is 8. The highest BCUT2D eigenvalue weighted by Crippen LogP contribution is 2.43. The largest absolute Gasteiger partial charge is 0.383 e. The SMILES string of the molecule is CCC1(C(=O)NCCNCCOC)CCC1.Cl. The summed E-state index contributed by atoms with van der Waals surface area (Å²) >= 11 is 0. The molecule has 0 heterocycles. The summed E-state index contributed by atoms with van der Waals surface area (Å²) in [5, 5.41) is 6.22. The van der Waals surface area contributed by atoms with Crippen molar-refractivity contribution >= 4 is 18.3 Å². The first kappa shape index (κ1) is 16.7. The van der Waals surface area contributed by atoms with E-state index in [1.54, 1.807) is 7.11 Å². The number of methoxy groups -OCH3 is 1. The first-order valence-electron chi connectivity index (χ1n) is 6.23. The summed E-state index contributed by atoms with van der Waals surface area (Å²) in [7, 11) is 1.69. The Morgan fingerprint density at radius 1 is 1.29 bits per heavy atom.